The highest BCUT2D eigenvalue weighted by Gasteiger charge is 2.63. The molecule has 0 aromatic heterocycles. The van der Waals surface area contributed by atoms with Crippen LogP contribution in [-0.2, 0) is 14.3 Å². The van der Waals surface area contributed by atoms with Gasteiger partial charge in [0.15, 0.2) is 5.60 Å². The van der Waals surface area contributed by atoms with Crippen LogP contribution in [0.2, 0.25) is 0 Å². The van der Waals surface area contributed by atoms with Gasteiger partial charge in [-0.05, 0) is 25.0 Å². The lowest BCUT2D eigenvalue weighted by Crippen LogP contribution is -2.48. The molecule has 4 heteroatoms. The molecule has 4 nitrogen and oxygen atoms in total. The Morgan fingerprint density at radius 1 is 1.50 bits per heavy atom. The van der Waals surface area contributed by atoms with E-state index in [9.17, 15) is 4.79 Å². The molecule has 4 aliphatic rings. The molecule has 1 unspecified atom stereocenters. The number of hydrogen-bond donors (Lipinski definition) is 0. The fourth-order valence-corrected chi connectivity index (χ4v) is 4.58. The third-order valence-corrected chi connectivity index (χ3v) is 5.29. The van der Waals surface area contributed by atoms with E-state index in [1.807, 2.05) is 0 Å². The largest absolute Gasteiger partial charge is 0.450 e. The molecule has 0 aromatic carbocycles. The van der Waals surface area contributed by atoms with Gasteiger partial charge in [0, 0.05) is 32.1 Å². The lowest BCUT2D eigenvalue weighted by atomic mass is 9.76. The maximum atomic E-state index is 11.7. The van der Waals surface area contributed by atoms with Crippen LogP contribution in [0.25, 0.3) is 0 Å². The van der Waals surface area contributed by atoms with Crippen molar-refractivity contribution < 1.29 is 14.3 Å². The number of piperidine rings is 1. The summed E-state index contributed by atoms with van der Waals surface area (Å²) in [7, 11) is 1.78. The van der Waals surface area contributed by atoms with Crippen molar-refractivity contribution in [1.29, 1.82) is 0 Å². The third-order valence-electron chi connectivity index (χ3n) is 5.29. The molecule has 4 atom stereocenters. The Bertz CT molecular complexity index is 433. The lowest BCUT2D eigenvalue weighted by Gasteiger charge is -2.37. The van der Waals surface area contributed by atoms with Crippen molar-refractivity contribution in [1.82, 2.24) is 4.90 Å². The molecule has 2 bridgehead atoms. The van der Waals surface area contributed by atoms with Crippen molar-refractivity contribution >= 4 is 5.97 Å². The molecule has 0 aromatic rings. The van der Waals surface area contributed by atoms with Gasteiger partial charge in [0.25, 0.3) is 0 Å². The highest BCUT2D eigenvalue weighted by molar-refractivity contribution is 5.87. The van der Waals surface area contributed by atoms with Crippen LogP contribution in [0.4, 0.5) is 0 Å². The Labute approximate surface area is 107 Å². The molecule has 98 valence electrons. The van der Waals surface area contributed by atoms with E-state index in [0.717, 1.165) is 25.8 Å². The maximum absolute atomic E-state index is 11.7. The van der Waals surface area contributed by atoms with Crippen LogP contribution in [0.1, 0.15) is 32.1 Å². The fourth-order valence-electron chi connectivity index (χ4n) is 4.58. The summed E-state index contributed by atoms with van der Waals surface area (Å²) in [4.78, 5) is 14.3. The standard InChI is InChI=1S/C14H19NO3/c1-17-11-6-9-7-13(16)18-14(9)8-10(11)15-5-3-2-4-12(14)15/h7,10-12H,2-6,8H2,1H3/t10-,11?,12+,14-/m0/s1. The predicted molar refractivity (Wildman–Crippen MR) is 65.1 cm³/mol. The van der Waals surface area contributed by atoms with E-state index in [-0.39, 0.29) is 17.7 Å². The van der Waals surface area contributed by atoms with E-state index in [1.54, 1.807) is 13.2 Å². The molecule has 3 fully saturated rings. The molecule has 4 rings (SSSR count). The molecular formula is C14H19NO3. The van der Waals surface area contributed by atoms with Crippen molar-refractivity contribution in [3.63, 3.8) is 0 Å². The number of carbonyl (C=O) groups is 1. The van der Waals surface area contributed by atoms with E-state index in [0.29, 0.717) is 12.1 Å². The summed E-state index contributed by atoms with van der Waals surface area (Å²) in [5.74, 6) is -0.145. The Morgan fingerprint density at radius 2 is 2.39 bits per heavy atom. The third kappa shape index (κ3) is 1.20. The number of rotatable bonds is 1. The zero-order valence-corrected chi connectivity index (χ0v) is 10.7. The molecule has 18 heavy (non-hydrogen) atoms. The van der Waals surface area contributed by atoms with E-state index < -0.39 is 0 Å². The summed E-state index contributed by atoms with van der Waals surface area (Å²) < 4.78 is 11.4. The van der Waals surface area contributed by atoms with Gasteiger partial charge in [-0.3, -0.25) is 4.90 Å². The summed E-state index contributed by atoms with van der Waals surface area (Å²) in [6, 6.07) is 0.831. The second-order valence-electron chi connectivity index (χ2n) is 5.98. The Hall–Kier alpha value is -0.870. The Kier molecular flexibility index (Phi) is 2.19. The van der Waals surface area contributed by atoms with Crippen LogP contribution >= 0.6 is 0 Å². The Balaban J connectivity index is 1.79. The van der Waals surface area contributed by atoms with Gasteiger partial charge in [-0.25, -0.2) is 4.79 Å². The van der Waals surface area contributed by atoms with E-state index in [4.69, 9.17) is 9.47 Å². The van der Waals surface area contributed by atoms with Crippen LogP contribution in [0, 0.1) is 0 Å². The van der Waals surface area contributed by atoms with Crippen molar-refractivity contribution in [3.8, 4) is 0 Å². The van der Waals surface area contributed by atoms with E-state index >= 15 is 0 Å². The quantitative estimate of drug-likeness (QED) is 0.656. The minimum atomic E-state index is -0.294. The summed E-state index contributed by atoms with van der Waals surface area (Å²) in [5, 5.41) is 0. The maximum Gasteiger partial charge on any atom is 0.331 e. The number of nitrogens with zero attached hydrogens (tertiary/aromatic N) is 1. The van der Waals surface area contributed by atoms with Gasteiger partial charge in [-0.2, -0.15) is 0 Å². The number of hydrogen-bond acceptors (Lipinski definition) is 4. The summed E-state index contributed by atoms with van der Waals surface area (Å²) in [6.07, 6.45) is 7.40. The summed E-state index contributed by atoms with van der Waals surface area (Å²) in [5.41, 5.74) is 0.891. The molecular weight excluding hydrogens is 230 g/mol. The topological polar surface area (TPSA) is 38.8 Å². The minimum absolute atomic E-state index is 0.145. The zero-order chi connectivity index (χ0) is 12.3. The van der Waals surface area contributed by atoms with Gasteiger partial charge in [0.1, 0.15) is 0 Å². The monoisotopic (exact) mass is 249 g/mol. The highest BCUT2D eigenvalue weighted by atomic mass is 16.6. The second kappa shape index (κ2) is 3.58. The minimum Gasteiger partial charge on any atom is -0.450 e. The summed E-state index contributed by atoms with van der Waals surface area (Å²) >= 11 is 0. The molecule has 1 aliphatic carbocycles. The first kappa shape index (κ1) is 11.0. The van der Waals surface area contributed by atoms with Crippen molar-refractivity contribution in [2.24, 2.45) is 0 Å². The average molecular weight is 249 g/mol. The molecule has 2 saturated heterocycles. The number of ether oxygens (including phenoxy) is 2. The lowest BCUT2D eigenvalue weighted by molar-refractivity contribution is -0.148. The van der Waals surface area contributed by atoms with Crippen LogP contribution in [0.5, 0.6) is 0 Å². The second-order valence-corrected chi connectivity index (χ2v) is 5.98. The van der Waals surface area contributed by atoms with Gasteiger partial charge in [-0.1, -0.05) is 6.42 Å². The van der Waals surface area contributed by atoms with Crippen molar-refractivity contribution in [3.05, 3.63) is 11.6 Å². The normalized spacial score (nSPS) is 46.4. The highest BCUT2D eigenvalue weighted by Crippen LogP contribution is 2.54. The summed E-state index contributed by atoms with van der Waals surface area (Å²) in [6.45, 7) is 1.13. The number of esters is 1. The van der Waals surface area contributed by atoms with Gasteiger partial charge in [0.05, 0.1) is 12.1 Å². The van der Waals surface area contributed by atoms with Gasteiger partial charge in [0.2, 0.25) is 0 Å². The Morgan fingerprint density at radius 3 is 3.22 bits per heavy atom. The molecule has 0 amide bonds. The van der Waals surface area contributed by atoms with Crippen LogP contribution < -0.4 is 0 Å². The van der Waals surface area contributed by atoms with Crippen LogP contribution in [0.3, 0.4) is 0 Å². The van der Waals surface area contributed by atoms with E-state index in [1.165, 1.54) is 18.4 Å². The molecule has 3 aliphatic heterocycles. The average Bonchev–Trinajstić information content (AvgIpc) is 2.86. The first-order chi connectivity index (χ1) is 8.74. The smallest absolute Gasteiger partial charge is 0.331 e. The number of methoxy groups -OCH3 is 1. The van der Waals surface area contributed by atoms with Gasteiger partial charge >= 0.3 is 5.97 Å². The van der Waals surface area contributed by atoms with Gasteiger partial charge < -0.3 is 9.47 Å². The number of carbonyl (C=O) groups excluding carboxylic acids is 1. The first-order valence-corrected chi connectivity index (χ1v) is 6.97. The molecule has 0 radical (unpaired) electrons. The molecule has 3 heterocycles. The molecule has 1 saturated carbocycles. The van der Waals surface area contributed by atoms with Gasteiger partial charge in [-0.15, -0.1) is 0 Å². The SMILES string of the molecule is COC1CC2=CC(=O)O[C@@]23C[C@@H]1N1CCCC[C@@H]13. The van der Waals surface area contributed by atoms with Crippen molar-refractivity contribution in [2.45, 2.75) is 55.9 Å². The molecule has 0 N–H and O–H groups in total. The van der Waals surface area contributed by atoms with Crippen molar-refractivity contribution in [2.75, 3.05) is 13.7 Å². The fraction of sp³-hybridized carbons (Fsp3) is 0.786. The van der Waals surface area contributed by atoms with Crippen LogP contribution in [-0.4, -0.2) is 48.3 Å². The predicted octanol–water partition coefficient (Wildman–Crippen LogP) is 1.25. The molecule has 1 spiro atoms. The first-order valence-electron chi connectivity index (χ1n) is 6.97. The van der Waals surface area contributed by atoms with E-state index in [2.05, 4.69) is 4.90 Å². The number of fused-ring (bicyclic) bond motifs is 3. The van der Waals surface area contributed by atoms with Crippen LogP contribution in [0.15, 0.2) is 11.6 Å². The zero-order valence-electron chi connectivity index (χ0n) is 10.7.